The molecule has 0 unspecified atom stereocenters. The summed E-state index contributed by atoms with van der Waals surface area (Å²) in [5, 5.41) is 7.98. The fraction of sp³-hybridized carbons (Fsp3) is 0.556. The average molecular weight is 496 g/mol. The number of rotatable bonds is 8. The average Bonchev–Trinajstić information content (AvgIpc) is 3.51. The zero-order valence-corrected chi connectivity index (χ0v) is 21.8. The third kappa shape index (κ3) is 5.64. The van der Waals surface area contributed by atoms with E-state index in [-0.39, 0.29) is 5.91 Å². The predicted octanol–water partition coefficient (Wildman–Crippen LogP) is 4.49. The zero-order valence-electron chi connectivity index (χ0n) is 21.0. The molecule has 1 aromatic carbocycles. The number of ether oxygens (including phenoxy) is 1. The number of carbonyl (C=O) groups is 1. The van der Waals surface area contributed by atoms with Crippen LogP contribution in [0.4, 0.5) is 5.69 Å². The summed E-state index contributed by atoms with van der Waals surface area (Å²) in [6, 6.07) is 10.7. The number of piperidine rings is 1. The number of aryl methyl sites for hydroxylation is 1. The van der Waals surface area contributed by atoms with Gasteiger partial charge < -0.3 is 14.5 Å². The van der Waals surface area contributed by atoms with Gasteiger partial charge in [-0.15, -0.1) is 11.3 Å². The van der Waals surface area contributed by atoms with Gasteiger partial charge in [-0.3, -0.25) is 9.69 Å². The number of hydrogen-bond acceptors (Lipinski definition) is 6. The number of fused-ring (bicyclic) bond motifs is 1. The highest BCUT2D eigenvalue weighted by Gasteiger charge is 2.24. The Kier molecular flexibility index (Phi) is 7.58. The summed E-state index contributed by atoms with van der Waals surface area (Å²) < 4.78 is 9.03. The van der Waals surface area contributed by atoms with Crippen LogP contribution in [-0.2, 0) is 7.05 Å². The summed E-state index contributed by atoms with van der Waals surface area (Å²) in [6.07, 6.45) is 4.24. The first-order chi connectivity index (χ1) is 17.1. The van der Waals surface area contributed by atoms with Gasteiger partial charge in [0.15, 0.2) is 5.69 Å². The number of aromatic nitrogens is 2. The van der Waals surface area contributed by atoms with E-state index in [0.29, 0.717) is 24.1 Å². The molecular weight excluding hydrogens is 458 g/mol. The van der Waals surface area contributed by atoms with Gasteiger partial charge in [-0.05, 0) is 61.7 Å². The summed E-state index contributed by atoms with van der Waals surface area (Å²) in [4.78, 5) is 19.8. The van der Waals surface area contributed by atoms with E-state index >= 15 is 0 Å². The van der Waals surface area contributed by atoms with Crippen molar-refractivity contribution in [2.45, 2.75) is 32.6 Å². The van der Waals surface area contributed by atoms with Crippen LogP contribution in [0.5, 0.6) is 5.88 Å². The number of nitrogens with zero attached hydrogens (tertiary/aromatic N) is 5. The van der Waals surface area contributed by atoms with Gasteiger partial charge in [0, 0.05) is 68.2 Å². The summed E-state index contributed by atoms with van der Waals surface area (Å²) >= 11 is 1.82. The topological polar surface area (TPSA) is 53.8 Å². The van der Waals surface area contributed by atoms with Gasteiger partial charge >= 0.3 is 0 Å². The van der Waals surface area contributed by atoms with E-state index in [1.54, 1.807) is 10.7 Å². The molecule has 2 fully saturated rings. The van der Waals surface area contributed by atoms with E-state index in [1.165, 1.54) is 15.8 Å². The third-order valence-corrected chi connectivity index (χ3v) is 8.31. The van der Waals surface area contributed by atoms with Crippen LogP contribution < -0.4 is 9.64 Å². The molecule has 0 saturated carbocycles. The lowest BCUT2D eigenvalue weighted by Crippen LogP contribution is -2.46. The van der Waals surface area contributed by atoms with E-state index < -0.39 is 0 Å². The maximum Gasteiger partial charge on any atom is 0.274 e. The number of carbonyl (C=O) groups excluding carboxylic acids is 1. The van der Waals surface area contributed by atoms with Gasteiger partial charge in [0.05, 0.1) is 6.61 Å². The summed E-state index contributed by atoms with van der Waals surface area (Å²) in [5.74, 6) is 1.40. The lowest BCUT2D eigenvalue weighted by molar-refractivity contribution is 0.0690. The number of amides is 1. The van der Waals surface area contributed by atoms with Crippen LogP contribution in [0, 0.1) is 5.92 Å². The summed E-state index contributed by atoms with van der Waals surface area (Å²) in [7, 11) is 1.85. The SMILES string of the molecule is CC1CCN(C(=O)c2cc(OCCCCN3CCN(c4cccc5sccc45)CC3)n(C)n2)CC1. The highest BCUT2D eigenvalue weighted by Crippen LogP contribution is 2.31. The van der Waals surface area contributed by atoms with E-state index in [9.17, 15) is 4.79 Å². The highest BCUT2D eigenvalue weighted by atomic mass is 32.1. The van der Waals surface area contributed by atoms with Crippen molar-refractivity contribution in [3.05, 3.63) is 41.4 Å². The van der Waals surface area contributed by atoms with Gasteiger partial charge in [0.25, 0.3) is 5.91 Å². The fourth-order valence-electron chi connectivity index (χ4n) is 5.14. The van der Waals surface area contributed by atoms with E-state index in [0.717, 1.165) is 71.5 Å². The molecule has 2 aliphatic rings. The maximum atomic E-state index is 12.8. The smallest absolute Gasteiger partial charge is 0.274 e. The first-order valence-electron chi connectivity index (χ1n) is 13.0. The summed E-state index contributed by atoms with van der Waals surface area (Å²) in [5.41, 5.74) is 1.87. The largest absolute Gasteiger partial charge is 0.478 e. The minimum atomic E-state index is 0.0247. The van der Waals surface area contributed by atoms with E-state index in [2.05, 4.69) is 51.5 Å². The molecule has 3 aromatic rings. The number of likely N-dealkylation sites (tertiary alicyclic amines) is 1. The quantitative estimate of drug-likeness (QED) is 0.431. The van der Waals surface area contributed by atoms with Crippen molar-refractivity contribution in [2.75, 3.05) is 57.3 Å². The standard InChI is InChI=1S/C27H37N5O2S/c1-21-8-12-32(13-9-21)27(33)23-20-26(29(2)28-23)34-18-4-3-11-30-14-16-31(17-15-30)24-6-5-7-25-22(24)10-19-35-25/h5-7,10,19-21H,3-4,8-9,11-18H2,1-2H3. The zero-order chi connectivity index (χ0) is 24.2. The van der Waals surface area contributed by atoms with Crippen molar-refractivity contribution in [3.63, 3.8) is 0 Å². The monoisotopic (exact) mass is 495 g/mol. The third-order valence-electron chi connectivity index (χ3n) is 7.43. The first-order valence-corrected chi connectivity index (χ1v) is 13.9. The molecule has 0 N–H and O–H groups in total. The highest BCUT2D eigenvalue weighted by molar-refractivity contribution is 7.17. The van der Waals surface area contributed by atoms with Crippen LogP contribution in [-0.4, -0.2) is 77.9 Å². The number of benzene rings is 1. The molecule has 0 aliphatic carbocycles. The van der Waals surface area contributed by atoms with E-state index in [1.807, 2.05) is 23.3 Å². The van der Waals surface area contributed by atoms with Gasteiger partial charge in [-0.25, -0.2) is 4.68 Å². The lowest BCUT2D eigenvalue weighted by atomic mass is 9.99. The molecule has 5 rings (SSSR count). The second kappa shape index (κ2) is 11.0. The molecule has 8 heteroatoms. The molecule has 2 aromatic heterocycles. The summed E-state index contributed by atoms with van der Waals surface area (Å²) in [6.45, 7) is 10.0. The minimum absolute atomic E-state index is 0.0247. The van der Waals surface area contributed by atoms with Crippen LogP contribution in [0.3, 0.4) is 0 Å². The molecule has 4 heterocycles. The molecule has 1 amide bonds. The van der Waals surface area contributed by atoms with Gasteiger partial charge in [0.1, 0.15) is 0 Å². The van der Waals surface area contributed by atoms with Crippen molar-refractivity contribution < 1.29 is 9.53 Å². The maximum absolute atomic E-state index is 12.8. The molecule has 2 aliphatic heterocycles. The van der Waals surface area contributed by atoms with Crippen molar-refractivity contribution in [3.8, 4) is 5.88 Å². The second-order valence-corrected chi connectivity index (χ2v) is 10.9. The Morgan fingerprint density at radius 2 is 1.89 bits per heavy atom. The predicted molar refractivity (Wildman–Crippen MR) is 143 cm³/mol. The molecule has 188 valence electrons. The number of anilines is 1. The molecule has 0 spiro atoms. The number of thiophene rings is 1. The Morgan fingerprint density at radius 1 is 1.09 bits per heavy atom. The first kappa shape index (κ1) is 24.1. The van der Waals surface area contributed by atoms with Gasteiger partial charge in [-0.1, -0.05) is 13.0 Å². The Balaban J connectivity index is 1.02. The molecule has 0 radical (unpaired) electrons. The van der Waals surface area contributed by atoms with Crippen LogP contribution in [0.25, 0.3) is 10.1 Å². The van der Waals surface area contributed by atoms with Crippen molar-refractivity contribution in [1.29, 1.82) is 0 Å². The van der Waals surface area contributed by atoms with Crippen LogP contribution in [0.15, 0.2) is 35.7 Å². The fourth-order valence-corrected chi connectivity index (χ4v) is 5.95. The Morgan fingerprint density at radius 3 is 2.69 bits per heavy atom. The van der Waals surface area contributed by atoms with Crippen molar-refractivity contribution >= 4 is 33.0 Å². The normalized spacial score (nSPS) is 17.9. The minimum Gasteiger partial charge on any atom is -0.478 e. The molecular formula is C27H37N5O2S. The lowest BCUT2D eigenvalue weighted by Gasteiger charge is -2.36. The van der Waals surface area contributed by atoms with Gasteiger partial charge in [-0.2, -0.15) is 5.10 Å². The van der Waals surface area contributed by atoms with Crippen LogP contribution >= 0.6 is 11.3 Å². The van der Waals surface area contributed by atoms with Crippen LogP contribution in [0.1, 0.15) is 43.1 Å². The Bertz CT molecular complexity index is 1130. The Hall–Kier alpha value is -2.58. The molecule has 2 saturated heterocycles. The van der Waals surface area contributed by atoms with Gasteiger partial charge in [0.2, 0.25) is 5.88 Å². The van der Waals surface area contributed by atoms with Crippen LogP contribution in [0.2, 0.25) is 0 Å². The Labute approximate surface area is 212 Å². The number of piperazine rings is 1. The second-order valence-electron chi connectivity index (χ2n) is 9.96. The molecule has 0 bridgehead atoms. The van der Waals surface area contributed by atoms with Crippen molar-refractivity contribution in [2.24, 2.45) is 13.0 Å². The number of hydrogen-bond donors (Lipinski definition) is 0. The van der Waals surface area contributed by atoms with E-state index in [4.69, 9.17) is 4.74 Å². The van der Waals surface area contributed by atoms with Crippen molar-refractivity contribution in [1.82, 2.24) is 19.6 Å². The number of unbranched alkanes of at least 4 members (excludes halogenated alkanes) is 1. The molecule has 7 nitrogen and oxygen atoms in total. The molecule has 35 heavy (non-hydrogen) atoms. The molecule has 0 atom stereocenters.